The van der Waals surface area contributed by atoms with Crippen LogP contribution in [0, 0.1) is 0 Å². The van der Waals surface area contributed by atoms with Gasteiger partial charge >= 0.3 is 0 Å². The molecule has 3 heteroatoms. The van der Waals surface area contributed by atoms with Gasteiger partial charge in [0.1, 0.15) is 11.0 Å². The predicted molar refractivity (Wildman–Crippen MR) is 92.3 cm³/mol. The summed E-state index contributed by atoms with van der Waals surface area (Å²) in [7, 11) is 0. The van der Waals surface area contributed by atoms with Crippen molar-refractivity contribution in [2.75, 3.05) is 0 Å². The van der Waals surface area contributed by atoms with Crippen molar-refractivity contribution in [3.63, 3.8) is 0 Å². The molecule has 0 N–H and O–H groups in total. The van der Waals surface area contributed by atoms with Crippen LogP contribution >= 0.6 is 0 Å². The van der Waals surface area contributed by atoms with Crippen LogP contribution in [0.3, 0.4) is 0 Å². The minimum atomic E-state index is 0.778. The zero-order chi connectivity index (χ0) is 15.2. The SMILES string of the molecule is c1ccc2c(c1)ccc1c(-c3cccc4nonc34)cccc12. The van der Waals surface area contributed by atoms with Crippen LogP contribution in [0.1, 0.15) is 0 Å². The van der Waals surface area contributed by atoms with Crippen LogP contribution in [0.15, 0.2) is 77.4 Å². The van der Waals surface area contributed by atoms with Gasteiger partial charge in [-0.25, -0.2) is 4.63 Å². The molecule has 0 fully saturated rings. The number of hydrogen-bond acceptors (Lipinski definition) is 3. The highest BCUT2D eigenvalue weighted by Crippen LogP contribution is 2.35. The van der Waals surface area contributed by atoms with E-state index in [0.29, 0.717) is 0 Å². The fraction of sp³-hybridized carbons (Fsp3) is 0. The van der Waals surface area contributed by atoms with Crippen molar-refractivity contribution >= 4 is 32.6 Å². The van der Waals surface area contributed by atoms with Crippen molar-refractivity contribution in [2.24, 2.45) is 0 Å². The summed E-state index contributed by atoms with van der Waals surface area (Å²) in [6.45, 7) is 0. The van der Waals surface area contributed by atoms with Crippen LogP contribution in [-0.2, 0) is 0 Å². The zero-order valence-corrected chi connectivity index (χ0v) is 12.2. The van der Waals surface area contributed by atoms with Crippen molar-refractivity contribution < 1.29 is 4.63 Å². The van der Waals surface area contributed by atoms with Crippen LogP contribution in [0.25, 0.3) is 43.7 Å². The molecule has 5 aromatic rings. The van der Waals surface area contributed by atoms with Gasteiger partial charge in [-0.1, -0.05) is 66.7 Å². The molecule has 23 heavy (non-hydrogen) atoms. The maximum Gasteiger partial charge on any atom is 0.143 e. The Morgan fingerprint density at radius 3 is 2.39 bits per heavy atom. The smallest absolute Gasteiger partial charge is 0.143 e. The minimum Gasteiger partial charge on any atom is -0.243 e. The lowest BCUT2D eigenvalue weighted by Gasteiger charge is -2.09. The summed E-state index contributed by atoms with van der Waals surface area (Å²) >= 11 is 0. The summed E-state index contributed by atoms with van der Waals surface area (Å²) < 4.78 is 4.91. The highest BCUT2D eigenvalue weighted by Gasteiger charge is 2.12. The summed E-state index contributed by atoms with van der Waals surface area (Å²) in [6, 6.07) is 25.2. The first-order valence-corrected chi connectivity index (χ1v) is 7.54. The van der Waals surface area contributed by atoms with Gasteiger partial charge in [0, 0.05) is 5.56 Å². The molecule has 0 radical (unpaired) electrons. The van der Waals surface area contributed by atoms with Gasteiger partial charge in [0.25, 0.3) is 0 Å². The van der Waals surface area contributed by atoms with E-state index in [4.69, 9.17) is 4.63 Å². The fourth-order valence-electron chi connectivity index (χ4n) is 3.30. The molecule has 5 rings (SSSR count). The Bertz CT molecular complexity index is 1170. The van der Waals surface area contributed by atoms with Crippen LogP contribution in [0.4, 0.5) is 0 Å². The average Bonchev–Trinajstić information content (AvgIpc) is 3.10. The lowest BCUT2D eigenvalue weighted by molar-refractivity contribution is 0.315. The maximum absolute atomic E-state index is 4.91. The van der Waals surface area contributed by atoms with E-state index in [0.717, 1.165) is 22.2 Å². The number of aromatic nitrogens is 2. The second kappa shape index (κ2) is 4.65. The van der Waals surface area contributed by atoms with E-state index < -0.39 is 0 Å². The van der Waals surface area contributed by atoms with Gasteiger partial charge in [0.2, 0.25) is 0 Å². The second-order valence-corrected chi connectivity index (χ2v) is 5.62. The molecule has 0 saturated carbocycles. The first-order chi connectivity index (χ1) is 11.4. The van der Waals surface area contributed by atoms with Crippen molar-refractivity contribution in [2.45, 2.75) is 0 Å². The first-order valence-electron chi connectivity index (χ1n) is 7.54. The quantitative estimate of drug-likeness (QED) is 0.399. The topological polar surface area (TPSA) is 38.9 Å². The van der Waals surface area contributed by atoms with E-state index in [-0.39, 0.29) is 0 Å². The van der Waals surface area contributed by atoms with Crippen LogP contribution < -0.4 is 0 Å². The van der Waals surface area contributed by atoms with Crippen molar-refractivity contribution in [1.82, 2.24) is 10.3 Å². The normalized spacial score (nSPS) is 11.5. The molecule has 0 amide bonds. The number of rotatable bonds is 1. The molecule has 108 valence electrons. The number of nitrogens with zero attached hydrogens (tertiary/aromatic N) is 2. The highest BCUT2D eigenvalue weighted by atomic mass is 16.6. The molecule has 1 aromatic heterocycles. The van der Waals surface area contributed by atoms with Gasteiger partial charge < -0.3 is 0 Å². The van der Waals surface area contributed by atoms with E-state index >= 15 is 0 Å². The zero-order valence-electron chi connectivity index (χ0n) is 12.2. The Kier molecular flexibility index (Phi) is 2.50. The van der Waals surface area contributed by atoms with Crippen molar-refractivity contribution in [3.05, 3.63) is 72.8 Å². The van der Waals surface area contributed by atoms with Gasteiger partial charge in [-0.2, -0.15) is 0 Å². The molecule has 0 saturated heterocycles. The van der Waals surface area contributed by atoms with Crippen molar-refractivity contribution in [3.8, 4) is 11.1 Å². The van der Waals surface area contributed by atoms with E-state index in [2.05, 4.69) is 71.0 Å². The molecular formula is C20H12N2O. The summed E-state index contributed by atoms with van der Waals surface area (Å²) in [5.41, 5.74) is 3.77. The first kappa shape index (κ1) is 12.4. The molecule has 0 spiro atoms. The standard InChI is InChI=1S/C20H12N2O/c1-2-6-14-13(5-1)11-12-17-15(14)7-3-8-16(17)18-9-4-10-19-20(18)22-23-21-19/h1-12H. The maximum atomic E-state index is 4.91. The highest BCUT2D eigenvalue weighted by molar-refractivity contribution is 6.13. The molecule has 0 aliphatic rings. The Balaban J connectivity index is 1.92. The second-order valence-electron chi connectivity index (χ2n) is 5.62. The molecule has 0 atom stereocenters. The Labute approximate surface area is 132 Å². The van der Waals surface area contributed by atoms with Gasteiger partial charge in [-0.05, 0) is 43.5 Å². The third-order valence-corrected chi connectivity index (χ3v) is 4.36. The van der Waals surface area contributed by atoms with Crippen molar-refractivity contribution in [1.29, 1.82) is 0 Å². The molecular weight excluding hydrogens is 284 g/mol. The third kappa shape index (κ3) is 1.77. The molecule has 0 aliphatic heterocycles. The lowest BCUT2D eigenvalue weighted by Crippen LogP contribution is -1.85. The monoisotopic (exact) mass is 296 g/mol. The molecule has 0 bridgehead atoms. The van der Waals surface area contributed by atoms with Crippen LogP contribution in [-0.4, -0.2) is 10.3 Å². The molecule has 4 aromatic carbocycles. The molecule has 0 aliphatic carbocycles. The van der Waals surface area contributed by atoms with Gasteiger partial charge in [-0.15, -0.1) is 0 Å². The fourth-order valence-corrected chi connectivity index (χ4v) is 3.30. The summed E-state index contributed by atoms with van der Waals surface area (Å²) in [4.78, 5) is 0. The van der Waals surface area contributed by atoms with E-state index in [9.17, 15) is 0 Å². The Morgan fingerprint density at radius 2 is 1.39 bits per heavy atom. The summed E-state index contributed by atoms with van der Waals surface area (Å²) in [6.07, 6.45) is 0. The van der Waals surface area contributed by atoms with Crippen LogP contribution in [0.5, 0.6) is 0 Å². The number of benzene rings is 4. The Hall–Kier alpha value is -3.20. The van der Waals surface area contributed by atoms with E-state index in [1.165, 1.54) is 21.5 Å². The molecule has 3 nitrogen and oxygen atoms in total. The number of fused-ring (bicyclic) bond motifs is 4. The van der Waals surface area contributed by atoms with Gasteiger partial charge in [0.05, 0.1) is 0 Å². The van der Waals surface area contributed by atoms with E-state index in [1.807, 2.05) is 12.1 Å². The lowest BCUT2D eigenvalue weighted by atomic mass is 9.94. The third-order valence-electron chi connectivity index (χ3n) is 4.36. The van der Waals surface area contributed by atoms with Gasteiger partial charge in [-0.3, -0.25) is 0 Å². The molecule has 1 heterocycles. The summed E-state index contributed by atoms with van der Waals surface area (Å²) in [5, 5.41) is 13.0. The predicted octanol–water partition coefficient (Wildman–Crippen LogP) is 5.20. The molecule has 0 unspecified atom stereocenters. The van der Waals surface area contributed by atoms with E-state index in [1.54, 1.807) is 0 Å². The Morgan fingerprint density at radius 1 is 0.565 bits per heavy atom. The van der Waals surface area contributed by atoms with Gasteiger partial charge in [0.15, 0.2) is 0 Å². The average molecular weight is 296 g/mol. The number of hydrogen-bond donors (Lipinski definition) is 0. The van der Waals surface area contributed by atoms with Crippen LogP contribution in [0.2, 0.25) is 0 Å². The minimum absolute atomic E-state index is 0.778. The summed E-state index contributed by atoms with van der Waals surface area (Å²) in [5.74, 6) is 0. The largest absolute Gasteiger partial charge is 0.243 e.